The molecule has 3 amide bonds. The largest absolute Gasteiger partial charge is 0.480 e. The third-order valence-electron chi connectivity index (χ3n) is 2.34. The van der Waals surface area contributed by atoms with Crippen molar-refractivity contribution in [3.8, 4) is 0 Å². The molecule has 1 atom stereocenters. The SMILES string of the molecule is CC(C)CNC(=O)CNC(=O)N[C@H](C(=O)O)C(C)C. The summed E-state index contributed by atoms with van der Waals surface area (Å²) in [5, 5.41) is 16.2. The first-order valence-corrected chi connectivity index (χ1v) is 6.27. The standard InChI is InChI=1S/C12H23N3O4/c1-7(2)5-13-9(16)6-14-12(19)15-10(8(3)4)11(17)18/h7-8,10H,5-6H2,1-4H3,(H,13,16)(H,17,18)(H2,14,15,19)/t10-/m0/s1. The van der Waals surface area contributed by atoms with Gasteiger partial charge in [-0.3, -0.25) is 4.79 Å². The maximum absolute atomic E-state index is 11.4. The van der Waals surface area contributed by atoms with Crippen LogP contribution in [0.3, 0.4) is 0 Å². The number of carboxylic acids is 1. The summed E-state index contributed by atoms with van der Waals surface area (Å²) in [6, 6.07) is -1.64. The Labute approximate surface area is 113 Å². The lowest BCUT2D eigenvalue weighted by molar-refractivity contribution is -0.140. The van der Waals surface area contributed by atoms with Crippen molar-refractivity contribution in [2.45, 2.75) is 33.7 Å². The number of carbonyl (C=O) groups is 3. The van der Waals surface area contributed by atoms with E-state index in [9.17, 15) is 14.4 Å². The summed E-state index contributed by atoms with van der Waals surface area (Å²) in [6.45, 7) is 7.65. The monoisotopic (exact) mass is 273 g/mol. The van der Waals surface area contributed by atoms with Crippen LogP contribution in [0.5, 0.6) is 0 Å². The van der Waals surface area contributed by atoms with Crippen LogP contribution in [-0.2, 0) is 9.59 Å². The van der Waals surface area contributed by atoms with E-state index in [1.165, 1.54) is 0 Å². The Morgan fingerprint density at radius 1 is 1.05 bits per heavy atom. The fourth-order valence-electron chi connectivity index (χ4n) is 1.25. The van der Waals surface area contributed by atoms with Crippen LogP contribution in [0.15, 0.2) is 0 Å². The molecule has 0 heterocycles. The zero-order chi connectivity index (χ0) is 15.0. The molecule has 0 saturated heterocycles. The normalized spacial score (nSPS) is 12.1. The Bertz CT molecular complexity index is 329. The van der Waals surface area contributed by atoms with Crippen LogP contribution in [0, 0.1) is 11.8 Å². The van der Waals surface area contributed by atoms with Crippen molar-refractivity contribution in [2.75, 3.05) is 13.1 Å². The van der Waals surface area contributed by atoms with Crippen LogP contribution in [0.25, 0.3) is 0 Å². The van der Waals surface area contributed by atoms with E-state index in [0.29, 0.717) is 12.5 Å². The van der Waals surface area contributed by atoms with E-state index in [0.717, 1.165) is 0 Å². The molecule has 0 aliphatic heterocycles. The highest BCUT2D eigenvalue weighted by Crippen LogP contribution is 2.00. The average Bonchev–Trinajstić information content (AvgIpc) is 2.29. The van der Waals surface area contributed by atoms with E-state index in [1.54, 1.807) is 13.8 Å². The summed E-state index contributed by atoms with van der Waals surface area (Å²) in [7, 11) is 0. The van der Waals surface area contributed by atoms with Crippen molar-refractivity contribution in [3.63, 3.8) is 0 Å². The van der Waals surface area contributed by atoms with Gasteiger partial charge < -0.3 is 21.1 Å². The number of urea groups is 1. The lowest BCUT2D eigenvalue weighted by Crippen LogP contribution is -2.50. The molecule has 0 bridgehead atoms. The molecule has 0 spiro atoms. The molecule has 0 aromatic heterocycles. The first-order chi connectivity index (χ1) is 8.73. The second kappa shape index (κ2) is 8.34. The minimum Gasteiger partial charge on any atom is -0.480 e. The van der Waals surface area contributed by atoms with Gasteiger partial charge in [0.15, 0.2) is 0 Å². The first kappa shape index (κ1) is 17.2. The van der Waals surface area contributed by atoms with Gasteiger partial charge >= 0.3 is 12.0 Å². The van der Waals surface area contributed by atoms with Crippen LogP contribution in [-0.4, -0.2) is 42.1 Å². The lowest BCUT2D eigenvalue weighted by Gasteiger charge is -2.18. The fraction of sp³-hybridized carbons (Fsp3) is 0.750. The summed E-state index contributed by atoms with van der Waals surface area (Å²) in [6.07, 6.45) is 0. The van der Waals surface area contributed by atoms with Crippen molar-refractivity contribution in [2.24, 2.45) is 11.8 Å². The molecule has 19 heavy (non-hydrogen) atoms. The van der Waals surface area contributed by atoms with Gasteiger partial charge in [0.05, 0.1) is 6.54 Å². The lowest BCUT2D eigenvalue weighted by atomic mass is 10.1. The van der Waals surface area contributed by atoms with E-state index in [4.69, 9.17) is 5.11 Å². The predicted molar refractivity (Wildman–Crippen MR) is 70.6 cm³/mol. The highest BCUT2D eigenvalue weighted by Gasteiger charge is 2.23. The Kier molecular flexibility index (Phi) is 7.55. The van der Waals surface area contributed by atoms with E-state index < -0.39 is 18.0 Å². The Morgan fingerprint density at radius 2 is 1.63 bits per heavy atom. The zero-order valence-corrected chi connectivity index (χ0v) is 11.8. The molecule has 0 aromatic carbocycles. The summed E-state index contributed by atoms with van der Waals surface area (Å²) in [5.74, 6) is -1.32. The molecule has 0 aliphatic rings. The van der Waals surface area contributed by atoms with Crippen molar-refractivity contribution < 1.29 is 19.5 Å². The Balaban J connectivity index is 4.04. The van der Waals surface area contributed by atoms with Gasteiger partial charge in [-0.15, -0.1) is 0 Å². The molecule has 0 aliphatic carbocycles. The Hall–Kier alpha value is -1.79. The zero-order valence-electron chi connectivity index (χ0n) is 11.8. The van der Waals surface area contributed by atoms with Crippen molar-refractivity contribution in [3.05, 3.63) is 0 Å². The molecule has 110 valence electrons. The molecular formula is C12H23N3O4. The maximum Gasteiger partial charge on any atom is 0.326 e. The van der Waals surface area contributed by atoms with Crippen molar-refractivity contribution in [1.82, 2.24) is 16.0 Å². The van der Waals surface area contributed by atoms with E-state index in [-0.39, 0.29) is 18.4 Å². The molecule has 7 nitrogen and oxygen atoms in total. The summed E-state index contributed by atoms with van der Waals surface area (Å²) >= 11 is 0. The summed E-state index contributed by atoms with van der Waals surface area (Å²) < 4.78 is 0. The van der Waals surface area contributed by atoms with Gasteiger partial charge in [0.2, 0.25) is 5.91 Å². The highest BCUT2D eigenvalue weighted by molar-refractivity contribution is 5.86. The van der Waals surface area contributed by atoms with E-state index in [2.05, 4.69) is 16.0 Å². The average molecular weight is 273 g/mol. The quantitative estimate of drug-likeness (QED) is 0.530. The molecule has 0 fully saturated rings. The van der Waals surface area contributed by atoms with Gasteiger partial charge in [-0.1, -0.05) is 27.7 Å². The summed E-state index contributed by atoms with van der Waals surface area (Å²) in [4.78, 5) is 33.6. The van der Waals surface area contributed by atoms with Crippen LogP contribution in [0.2, 0.25) is 0 Å². The maximum atomic E-state index is 11.4. The van der Waals surface area contributed by atoms with Gasteiger partial charge in [-0.25, -0.2) is 9.59 Å². The third-order valence-corrected chi connectivity index (χ3v) is 2.34. The molecule has 7 heteroatoms. The molecule has 4 N–H and O–H groups in total. The molecule has 0 unspecified atom stereocenters. The third kappa shape index (κ3) is 8.01. The number of hydrogen-bond donors (Lipinski definition) is 4. The molecule has 0 aromatic rings. The number of hydrogen-bond acceptors (Lipinski definition) is 3. The van der Waals surface area contributed by atoms with Crippen molar-refractivity contribution >= 4 is 17.9 Å². The molecule has 0 radical (unpaired) electrons. The van der Waals surface area contributed by atoms with Crippen LogP contribution in [0.4, 0.5) is 4.79 Å². The second-order valence-corrected chi connectivity index (χ2v) is 5.08. The minimum absolute atomic E-state index is 0.178. The van der Waals surface area contributed by atoms with Gasteiger partial charge in [-0.2, -0.15) is 0 Å². The highest BCUT2D eigenvalue weighted by atomic mass is 16.4. The molecule has 0 rings (SSSR count). The number of carbonyl (C=O) groups excluding carboxylic acids is 2. The van der Waals surface area contributed by atoms with Crippen LogP contribution in [0.1, 0.15) is 27.7 Å². The molecular weight excluding hydrogens is 250 g/mol. The number of carboxylic acid groups (broad SMARTS) is 1. The van der Waals surface area contributed by atoms with E-state index >= 15 is 0 Å². The number of aliphatic carboxylic acids is 1. The van der Waals surface area contributed by atoms with Gasteiger partial charge in [0.25, 0.3) is 0 Å². The number of nitrogens with one attached hydrogen (secondary N) is 3. The topological polar surface area (TPSA) is 108 Å². The smallest absolute Gasteiger partial charge is 0.326 e. The van der Waals surface area contributed by atoms with Crippen LogP contribution >= 0.6 is 0 Å². The number of rotatable bonds is 7. The first-order valence-electron chi connectivity index (χ1n) is 6.27. The van der Waals surface area contributed by atoms with Gasteiger partial charge in [-0.05, 0) is 11.8 Å². The number of amides is 3. The predicted octanol–water partition coefficient (Wildman–Crippen LogP) is 0.167. The van der Waals surface area contributed by atoms with E-state index in [1.807, 2.05) is 13.8 Å². The fourth-order valence-corrected chi connectivity index (χ4v) is 1.25. The van der Waals surface area contributed by atoms with Crippen molar-refractivity contribution in [1.29, 1.82) is 0 Å². The van der Waals surface area contributed by atoms with Gasteiger partial charge in [0.1, 0.15) is 6.04 Å². The second-order valence-electron chi connectivity index (χ2n) is 5.08. The Morgan fingerprint density at radius 3 is 2.05 bits per heavy atom. The summed E-state index contributed by atoms with van der Waals surface area (Å²) in [5.41, 5.74) is 0. The van der Waals surface area contributed by atoms with Crippen LogP contribution < -0.4 is 16.0 Å². The van der Waals surface area contributed by atoms with Gasteiger partial charge in [0, 0.05) is 6.54 Å². The minimum atomic E-state index is -1.10. The molecule has 0 saturated carbocycles.